The first-order valence-electron chi connectivity index (χ1n) is 6.88. The fourth-order valence-electron chi connectivity index (χ4n) is 2.53. The van der Waals surface area contributed by atoms with Crippen molar-refractivity contribution in [3.8, 4) is 11.6 Å². The molecule has 3 heterocycles. The quantitative estimate of drug-likeness (QED) is 0.632. The maximum atomic E-state index is 13.9. The smallest absolute Gasteiger partial charge is 0.192 e. The lowest BCUT2D eigenvalue weighted by Gasteiger charge is -2.01. The van der Waals surface area contributed by atoms with Gasteiger partial charge in [0.1, 0.15) is 12.1 Å². The van der Waals surface area contributed by atoms with Gasteiger partial charge in [-0.2, -0.15) is 5.10 Å². The molecule has 22 heavy (non-hydrogen) atoms. The first kappa shape index (κ1) is 12.7. The van der Waals surface area contributed by atoms with Gasteiger partial charge >= 0.3 is 0 Å². The predicted molar refractivity (Wildman–Crippen MR) is 79.8 cm³/mol. The van der Waals surface area contributed by atoms with Gasteiger partial charge in [-0.3, -0.25) is 9.50 Å². The van der Waals surface area contributed by atoms with Crippen molar-refractivity contribution < 1.29 is 4.39 Å². The van der Waals surface area contributed by atoms with Crippen LogP contribution in [0.25, 0.3) is 17.2 Å². The summed E-state index contributed by atoms with van der Waals surface area (Å²) < 4.78 is 15.8. The fourth-order valence-corrected chi connectivity index (χ4v) is 2.53. The third-order valence-corrected chi connectivity index (χ3v) is 3.57. The molecular formula is C16H12FN5. The molecule has 0 saturated heterocycles. The number of nitrogens with zero attached hydrogens (tertiary/aromatic N) is 4. The molecule has 1 aromatic carbocycles. The molecular weight excluding hydrogens is 281 g/mol. The number of imidazole rings is 1. The number of hydrogen-bond donors (Lipinski definition) is 1. The Morgan fingerprint density at radius 1 is 1.09 bits per heavy atom. The lowest BCUT2D eigenvalue weighted by atomic mass is 10.1. The molecule has 108 valence electrons. The minimum atomic E-state index is -0.221. The fraction of sp³-hybridized carbons (Fsp3) is 0.0625. The Morgan fingerprint density at radius 2 is 1.95 bits per heavy atom. The van der Waals surface area contributed by atoms with Crippen LogP contribution < -0.4 is 0 Å². The second kappa shape index (κ2) is 5.07. The zero-order valence-electron chi connectivity index (χ0n) is 11.6. The molecule has 5 nitrogen and oxygen atoms in total. The summed E-state index contributed by atoms with van der Waals surface area (Å²) in [6.45, 7) is 0. The van der Waals surface area contributed by atoms with E-state index in [-0.39, 0.29) is 5.82 Å². The zero-order chi connectivity index (χ0) is 14.9. The summed E-state index contributed by atoms with van der Waals surface area (Å²) in [5.74, 6) is 1.03. The van der Waals surface area contributed by atoms with E-state index in [4.69, 9.17) is 0 Å². The molecule has 4 rings (SSSR count). The van der Waals surface area contributed by atoms with Gasteiger partial charge in [-0.15, -0.1) is 0 Å². The molecule has 0 atom stereocenters. The molecule has 0 unspecified atom stereocenters. The number of pyridine rings is 1. The lowest BCUT2D eigenvalue weighted by molar-refractivity contribution is 0.613. The topological polar surface area (TPSA) is 58.9 Å². The highest BCUT2D eigenvalue weighted by Crippen LogP contribution is 2.22. The first-order chi connectivity index (χ1) is 10.8. The van der Waals surface area contributed by atoms with Crippen LogP contribution in [0.2, 0.25) is 0 Å². The van der Waals surface area contributed by atoms with Gasteiger partial charge in [-0.25, -0.2) is 14.4 Å². The summed E-state index contributed by atoms with van der Waals surface area (Å²) in [6.07, 6.45) is 3.77. The van der Waals surface area contributed by atoms with Gasteiger partial charge in [0.2, 0.25) is 0 Å². The Hall–Kier alpha value is -3.02. The largest absolute Gasteiger partial charge is 0.297 e. The molecule has 4 aromatic rings. The normalized spacial score (nSPS) is 11.1. The lowest BCUT2D eigenvalue weighted by Crippen LogP contribution is -1.93. The molecule has 0 aliphatic heterocycles. The molecule has 6 heteroatoms. The molecule has 0 aliphatic carbocycles. The molecule has 0 amide bonds. The van der Waals surface area contributed by atoms with Crippen molar-refractivity contribution in [2.75, 3.05) is 0 Å². The van der Waals surface area contributed by atoms with Crippen molar-refractivity contribution in [1.82, 2.24) is 24.6 Å². The van der Waals surface area contributed by atoms with E-state index < -0.39 is 0 Å². The molecule has 0 fully saturated rings. The van der Waals surface area contributed by atoms with Crippen LogP contribution in [-0.2, 0) is 6.42 Å². The van der Waals surface area contributed by atoms with Crippen molar-refractivity contribution in [2.45, 2.75) is 6.42 Å². The van der Waals surface area contributed by atoms with E-state index in [1.165, 1.54) is 12.4 Å². The highest BCUT2D eigenvalue weighted by molar-refractivity contribution is 5.62. The third kappa shape index (κ3) is 2.05. The van der Waals surface area contributed by atoms with E-state index in [1.54, 1.807) is 12.1 Å². The molecule has 0 aliphatic rings. The van der Waals surface area contributed by atoms with Crippen LogP contribution in [0.5, 0.6) is 0 Å². The van der Waals surface area contributed by atoms with E-state index in [0.717, 1.165) is 11.2 Å². The molecule has 3 aromatic heterocycles. The predicted octanol–water partition coefficient (Wildman–Crippen LogP) is 2.85. The number of nitrogens with one attached hydrogen (secondary N) is 1. The number of aromatic amines is 1. The van der Waals surface area contributed by atoms with Gasteiger partial charge in [0, 0.05) is 12.6 Å². The highest BCUT2D eigenvalue weighted by Gasteiger charge is 2.15. The summed E-state index contributed by atoms with van der Waals surface area (Å²) in [5, 5.41) is 6.68. The van der Waals surface area contributed by atoms with Crippen molar-refractivity contribution in [1.29, 1.82) is 0 Å². The van der Waals surface area contributed by atoms with Crippen LogP contribution >= 0.6 is 0 Å². The maximum Gasteiger partial charge on any atom is 0.192 e. The second-order valence-corrected chi connectivity index (χ2v) is 4.94. The molecule has 1 N–H and O–H groups in total. The highest BCUT2D eigenvalue weighted by atomic mass is 19.1. The van der Waals surface area contributed by atoms with Crippen molar-refractivity contribution >= 4 is 5.52 Å². The number of hydrogen-bond acceptors (Lipinski definition) is 3. The van der Waals surface area contributed by atoms with Gasteiger partial charge in [0.25, 0.3) is 0 Å². The van der Waals surface area contributed by atoms with Crippen molar-refractivity contribution in [3.63, 3.8) is 0 Å². The van der Waals surface area contributed by atoms with E-state index in [9.17, 15) is 4.39 Å². The first-order valence-corrected chi connectivity index (χ1v) is 6.88. The number of rotatable bonds is 3. The second-order valence-electron chi connectivity index (χ2n) is 4.94. The summed E-state index contributed by atoms with van der Waals surface area (Å²) in [4.78, 5) is 8.78. The van der Waals surface area contributed by atoms with Gasteiger partial charge in [0.15, 0.2) is 11.6 Å². The van der Waals surface area contributed by atoms with Crippen LogP contribution in [0.1, 0.15) is 11.3 Å². The average molecular weight is 293 g/mol. The molecule has 0 saturated carbocycles. The van der Waals surface area contributed by atoms with E-state index in [1.807, 2.05) is 34.9 Å². The molecule has 0 bridgehead atoms. The van der Waals surface area contributed by atoms with Gasteiger partial charge < -0.3 is 0 Å². The summed E-state index contributed by atoms with van der Waals surface area (Å²) in [5.41, 5.74) is 2.35. The monoisotopic (exact) mass is 293 g/mol. The Kier molecular flexibility index (Phi) is 2.93. The van der Waals surface area contributed by atoms with E-state index >= 15 is 0 Å². The summed E-state index contributed by atoms with van der Waals surface area (Å²) in [7, 11) is 0. The molecule has 0 spiro atoms. The standard InChI is InChI=1S/C16H12FN5/c17-12-6-2-1-5-11(12)9-13-14-7-3-4-8-22(14)16(20-13)15-18-10-19-21-15/h1-8,10H,9H2,(H,18,19,21). The van der Waals surface area contributed by atoms with E-state index in [0.29, 0.717) is 23.6 Å². The van der Waals surface area contributed by atoms with Crippen molar-refractivity contribution in [2.24, 2.45) is 0 Å². The Bertz CT molecular complexity index is 927. The van der Waals surface area contributed by atoms with E-state index in [2.05, 4.69) is 20.2 Å². The number of fused-ring (bicyclic) bond motifs is 1. The zero-order valence-corrected chi connectivity index (χ0v) is 11.6. The number of aromatic nitrogens is 5. The Labute approximate surface area is 125 Å². The van der Waals surface area contributed by atoms with Crippen molar-refractivity contribution in [3.05, 3.63) is 72.1 Å². The maximum absolute atomic E-state index is 13.9. The molecule has 0 radical (unpaired) electrons. The van der Waals surface area contributed by atoms with Crippen LogP contribution in [0.4, 0.5) is 4.39 Å². The third-order valence-electron chi connectivity index (χ3n) is 3.57. The van der Waals surface area contributed by atoms with Gasteiger partial charge in [0.05, 0.1) is 11.2 Å². The Morgan fingerprint density at radius 3 is 2.77 bits per heavy atom. The number of halogens is 1. The average Bonchev–Trinajstić information content (AvgIpc) is 3.18. The minimum absolute atomic E-state index is 0.221. The van der Waals surface area contributed by atoms with Crippen LogP contribution in [0.15, 0.2) is 55.0 Å². The summed E-state index contributed by atoms with van der Waals surface area (Å²) in [6, 6.07) is 12.6. The summed E-state index contributed by atoms with van der Waals surface area (Å²) >= 11 is 0. The SMILES string of the molecule is Fc1ccccc1Cc1nc(-c2ncn[nH]2)n2ccccc12. The Balaban J connectivity index is 1.87. The van der Waals surface area contributed by atoms with Crippen LogP contribution in [-0.4, -0.2) is 24.6 Å². The van der Waals surface area contributed by atoms with Crippen LogP contribution in [0.3, 0.4) is 0 Å². The number of H-pyrrole nitrogens is 1. The van der Waals surface area contributed by atoms with Gasteiger partial charge in [-0.05, 0) is 23.8 Å². The van der Waals surface area contributed by atoms with Crippen LogP contribution in [0, 0.1) is 5.82 Å². The van der Waals surface area contributed by atoms with Gasteiger partial charge in [-0.1, -0.05) is 24.3 Å². The number of benzene rings is 1. The minimum Gasteiger partial charge on any atom is -0.297 e.